The van der Waals surface area contributed by atoms with Crippen LogP contribution in [-0.2, 0) is 4.74 Å². The van der Waals surface area contributed by atoms with Gasteiger partial charge in [0.15, 0.2) is 0 Å². The summed E-state index contributed by atoms with van der Waals surface area (Å²) < 4.78 is 5.91. The Labute approximate surface area is 81.9 Å². The van der Waals surface area contributed by atoms with Crippen LogP contribution >= 0.6 is 0 Å². The maximum absolute atomic E-state index is 5.91. The van der Waals surface area contributed by atoms with Crippen molar-refractivity contribution < 1.29 is 4.74 Å². The lowest BCUT2D eigenvalue weighted by molar-refractivity contribution is 0.207. The van der Waals surface area contributed by atoms with Crippen molar-refractivity contribution in [2.75, 3.05) is 0 Å². The first-order chi connectivity index (χ1) is 6.06. The SMILES string of the molecule is CC(C)C1CCC2(C(C)C)OC2C1. The molecule has 0 radical (unpaired) electrons. The standard InChI is InChI=1S/C12H22O/c1-8(2)10-5-6-12(9(3)4)11(7-10)13-12/h8-11H,5-7H2,1-4H3. The quantitative estimate of drug-likeness (QED) is 0.597. The molecule has 3 atom stereocenters. The molecule has 0 spiro atoms. The van der Waals surface area contributed by atoms with Crippen molar-refractivity contribution in [3.8, 4) is 0 Å². The summed E-state index contributed by atoms with van der Waals surface area (Å²) >= 11 is 0. The van der Waals surface area contributed by atoms with E-state index in [9.17, 15) is 0 Å². The van der Waals surface area contributed by atoms with Gasteiger partial charge in [0.1, 0.15) is 0 Å². The first kappa shape index (κ1) is 9.51. The van der Waals surface area contributed by atoms with Crippen molar-refractivity contribution in [3.05, 3.63) is 0 Å². The minimum absolute atomic E-state index is 0.311. The summed E-state index contributed by atoms with van der Waals surface area (Å²) in [6, 6.07) is 0. The Morgan fingerprint density at radius 1 is 1.23 bits per heavy atom. The third-order valence-electron chi connectivity index (χ3n) is 4.19. The Morgan fingerprint density at radius 3 is 2.38 bits per heavy atom. The molecule has 0 N–H and O–H groups in total. The molecule has 1 saturated heterocycles. The van der Waals surface area contributed by atoms with Gasteiger partial charge in [0, 0.05) is 0 Å². The van der Waals surface area contributed by atoms with Gasteiger partial charge in [-0.25, -0.2) is 0 Å². The second kappa shape index (κ2) is 2.98. The lowest BCUT2D eigenvalue weighted by Gasteiger charge is -2.29. The van der Waals surface area contributed by atoms with Crippen LogP contribution in [0.4, 0.5) is 0 Å². The van der Waals surface area contributed by atoms with Crippen LogP contribution in [0.1, 0.15) is 47.0 Å². The zero-order chi connectivity index (χ0) is 9.64. The second-order valence-corrected chi connectivity index (χ2v) is 5.49. The molecule has 2 fully saturated rings. The molecule has 0 amide bonds. The van der Waals surface area contributed by atoms with Crippen LogP contribution in [0.5, 0.6) is 0 Å². The van der Waals surface area contributed by atoms with Crippen molar-refractivity contribution in [2.24, 2.45) is 17.8 Å². The van der Waals surface area contributed by atoms with E-state index in [1.807, 2.05) is 0 Å². The fraction of sp³-hybridized carbons (Fsp3) is 1.00. The number of hydrogen-bond acceptors (Lipinski definition) is 1. The smallest absolute Gasteiger partial charge is 0.0971 e. The van der Waals surface area contributed by atoms with Crippen LogP contribution in [-0.4, -0.2) is 11.7 Å². The Morgan fingerprint density at radius 2 is 1.92 bits per heavy atom. The van der Waals surface area contributed by atoms with Crippen molar-refractivity contribution in [3.63, 3.8) is 0 Å². The first-order valence-electron chi connectivity index (χ1n) is 5.74. The van der Waals surface area contributed by atoms with Gasteiger partial charge in [-0.15, -0.1) is 0 Å². The lowest BCUT2D eigenvalue weighted by Crippen LogP contribution is -2.30. The van der Waals surface area contributed by atoms with Crippen LogP contribution in [0.3, 0.4) is 0 Å². The van der Waals surface area contributed by atoms with Crippen molar-refractivity contribution in [1.82, 2.24) is 0 Å². The van der Waals surface area contributed by atoms with Crippen molar-refractivity contribution in [1.29, 1.82) is 0 Å². The topological polar surface area (TPSA) is 12.5 Å². The van der Waals surface area contributed by atoms with Gasteiger partial charge in [0.25, 0.3) is 0 Å². The average molecular weight is 182 g/mol. The molecule has 1 heterocycles. The molecule has 13 heavy (non-hydrogen) atoms. The van der Waals surface area contributed by atoms with Gasteiger partial charge in [-0.2, -0.15) is 0 Å². The molecule has 0 aromatic heterocycles. The molecule has 2 aliphatic rings. The van der Waals surface area contributed by atoms with Crippen molar-refractivity contribution in [2.45, 2.75) is 58.7 Å². The molecule has 0 bridgehead atoms. The van der Waals surface area contributed by atoms with E-state index in [1.54, 1.807) is 0 Å². The molecule has 3 unspecified atom stereocenters. The Bertz CT molecular complexity index is 197. The number of rotatable bonds is 2. The fourth-order valence-electron chi connectivity index (χ4n) is 2.90. The van der Waals surface area contributed by atoms with E-state index in [2.05, 4.69) is 27.7 Å². The maximum Gasteiger partial charge on any atom is 0.0971 e. The third kappa shape index (κ3) is 1.41. The summed E-state index contributed by atoms with van der Waals surface area (Å²) in [5.74, 6) is 2.47. The molecule has 1 aliphatic heterocycles. The maximum atomic E-state index is 5.91. The zero-order valence-electron chi connectivity index (χ0n) is 9.34. The Balaban J connectivity index is 1.95. The molecular weight excluding hydrogens is 160 g/mol. The van der Waals surface area contributed by atoms with Gasteiger partial charge in [-0.3, -0.25) is 0 Å². The minimum Gasteiger partial charge on any atom is -0.366 e. The minimum atomic E-state index is 0.311. The fourth-order valence-corrected chi connectivity index (χ4v) is 2.90. The van der Waals surface area contributed by atoms with Gasteiger partial charge < -0.3 is 4.74 Å². The van der Waals surface area contributed by atoms with Crippen LogP contribution in [0.2, 0.25) is 0 Å². The highest BCUT2D eigenvalue weighted by molar-refractivity contribution is 5.08. The summed E-state index contributed by atoms with van der Waals surface area (Å²) in [6.45, 7) is 9.29. The van der Waals surface area contributed by atoms with Gasteiger partial charge in [0.2, 0.25) is 0 Å². The molecular formula is C12H22O. The van der Waals surface area contributed by atoms with Crippen LogP contribution in [0.15, 0.2) is 0 Å². The predicted octanol–water partition coefficient (Wildman–Crippen LogP) is 3.24. The summed E-state index contributed by atoms with van der Waals surface area (Å²) in [5.41, 5.74) is 0.311. The van der Waals surface area contributed by atoms with E-state index in [1.165, 1.54) is 19.3 Å². The molecule has 2 rings (SSSR count). The molecule has 1 nitrogen and oxygen atoms in total. The highest BCUT2D eigenvalue weighted by Gasteiger charge is 2.60. The van der Waals surface area contributed by atoms with Gasteiger partial charge in [0.05, 0.1) is 11.7 Å². The lowest BCUT2D eigenvalue weighted by atomic mass is 9.73. The van der Waals surface area contributed by atoms with E-state index in [4.69, 9.17) is 4.74 Å². The van der Waals surface area contributed by atoms with Gasteiger partial charge in [-0.05, 0) is 37.0 Å². The summed E-state index contributed by atoms with van der Waals surface area (Å²) in [6.07, 6.45) is 4.61. The molecule has 1 saturated carbocycles. The van der Waals surface area contributed by atoms with E-state index >= 15 is 0 Å². The molecule has 0 aromatic rings. The van der Waals surface area contributed by atoms with E-state index in [-0.39, 0.29) is 0 Å². The number of hydrogen-bond donors (Lipinski definition) is 0. The number of ether oxygens (including phenoxy) is 1. The highest BCUT2D eigenvalue weighted by atomic mass is 16.6. The van der Waals surface area contributed by atoms with Crippen LogP contribution in [0, 0.1) is 17.8 Å². The van der Waals surface area contributed by atoms with E-state index in [0.29, 0.717) is 17.6 Å². The number of epoxide rings is 1. The normalized spacial score (nSPS) is 43.8. The summed E-state index contributed by atoms with van der Waals surface area (Å²) in [4.78, 5) is 0. The van der Waals surface area contributed by atoms with Crippen molar-refractivity contribution >= 4 is 0 Å². The summed E-state index contributed by atoms with van der Waals surface area (Å²) in [7, 11) is 0. The predicted molar refractivity (Wildman–Crippen MR) is 54.6 cm³/mol. The van der Waals surface area contributed by atoms with Gasteiger partial charge in [-0.1, -0.05) is 27.7 Å². The number of fused-ring (bicyclic) bond motifs is 1. The largest absolute Gasteiger partial charge is 0.366 e. The van der Waals surface area contributed by atoms with Crippen LogP contribution in [0.25, 0.3) is 0 Å². The first-order valence-corrected chi connectivity index (χ1v) is 5.74. The Hall–Kier alpha value is -0.0400. The average Bonchev–Trinajstić information content (AvgIpc) is 2.77. The third-order valence-corrected chi connectivity index (χ3v) is 4.19. The highest BCUT2D eigenvalue weighted by Crippen LogP contribution is 2.54. The van der Waals surface area contributed by atoms with Gasteiger partial charge >= 0.3 is 0 Å². The van der Waals surface area contributed by atoms with E-state index in [0.717, 1.165) is 11.8 Å². The van der Waals surface area contributed by atoms with Crippen LogP contribution < -0.4 is 0 Å². The second-order valence-electron chi connectivity index (χ2n) is 5.49. The van der Waals surface area contributed by atoms with E-state index < -0.39 is 0 Å². The monoisotopic (exact) mass is 182 g/mol. The zero-order valence-corrected chi connectivity index (χ0v) is 9.34. The molecule has 1 heteroatoms. The molecule has 0 aromatic carbocycles. The molecule has 1 aliphatic carbocycles. The molecule has 76 valence electrons. The summed E-state index contributed by atoms with van der Waals surface area (Å²) in [5, 5.41) is 0. The Kier molecular flexibility index (Phi) is 2.18.